The number of nitrogens with one attached hydrogen (secondary N) is 1. The highest BCUT2D eigenvalue weighted by molar-refractivity contribution is 6.30. The Morgan fingerprint density at radius 3 is 2.55 bits per heavy atom. The third-order valence-electron chi connectivity index (χ3n) is 2.71. The summed E-state index contributed by atoms with van der Waals surface area (Å²) < 4.78 is 0. The number of hydrogen-bond donors (Lipinski definition) is 2. The van der Waals surface area contributed by atoms with Gasteiger partial charge in [-0.2, -0.15) is 0 Å². The van der Waals surface area contributed by atoms with Crippen molar-refractivity contribution in [2.75, 3.05) is 5.32 Å². The third kappa shape index (κ3) is 3.13. The summed E-state index contributed by atoms with van der Waals surface area (Å²) in [6, 6.07) is 8.03. The van der Waals surface area contributed by atoms with Crippen molar-refractivity contribution in [1.29, 1.82) is 0 Å². The molecule has 0 unspecified atom stereocenters. The van der Waals surface area contributed by atoms with Crippen LogP contribution in [0.3, 0.4) is 0 Å². The molecule has 20 heavy (non-hydrogen) atoms. The summed E-state index contributed by atoms with van der Waals surface area (Å²) in [7, 11) is 0. The molecule has 102 valence electrons. The summed E-state index contributed by atoms with van der Waals surface area (Å²) in [5, 5.41) is 3.26. The van der Waals surface area contributed by atoms with E-state index < -0.39 is 5.91 Å². The first-order valence-electron chi connectivity index (χ1n) is 5.81. The number of pyridine rings is 1. The number of hydrogen-bond acceptors (Lipinski definition) is 3. The quantitative estimate of drug-likeness (QED) is 0.910. The molecule has 0 spiro atoms. The minimum Gasteiger partial charge on any atom is -0.364 e. The van der Waals surface area contributed by atoms with E-state index in [4.69, 9.17) is 17.3 Å². The zero-order valence-electron chi connectivity index (χ0n) is 10.7. The lowest BCUT2D eigenvalue weighted by Gasteiger charge is -2.08. The number of aromatic nitrogens is 1. The molecule has 2 amide bonds. The number of nitrogens with two attached hydrogens (primary N) is 1. The Labute approximate surface area is 120 Å². The van der Waals surface area contributed by atoms with Crippen LogP contribution in [0.1, 0.15) is 26.4 Å². The highest BCUT2D eigenvalue weighted by atomic mass is 35.5. The maximum atomic E-state index is 12.1. The third-order valence-corrected chi connectivity index (χ3v) is 2.94. The van der Waals surface area contributed by atoms with Crippen LogP contribution in [0.2, 0.25) is 5.02 Å². The van der Waals surface area contributed by atoms with Gasteiger partial charge in [0.25, 0.3) is 11.8 Å². The van der Waals surface area contributed by atoms with Crippen molar-refractivity contribution < 1.29 is 9.59 Å². The highest BCUT2D eigenvalue weighted by Crippen LogP contribution is 2.17. The first kappa shape index (κ1) is 14.0. The van der Waals surface area contributed by atoms with Crippen LogP contribution in [-0.2, 0) is 0 Å². The Bertz CT molecular complexity index is 669. The fraction of sp³-hybridized carbons (Fsp3) is 0.0714. The van der Waals surface area contributed by atoms with E-state index in [2.05, 4.69) is 10.3 Å². The number of carbonyl (C=O) groups excluding carboxylic acids is 2. The van der Waals surface area contributed by atoms with Crippen molar-refractivity contribution in [1.82, 2.24) is 4.98 Å². The van der Waals surface area contributed by atoms with Gasteiger partial charge in [-0.1, -0.05) is 11.6 Å². The molecule has 2 rings (SSSR count). The Hall–Kier alpha value is -2.40. The van der Waals surface area contributed by atoms with Crippen LogP contribution in [0.5, 0.6) is 0 Å². The van der Waals surface area contributed by atoms with Crippen LogP contribution >= 0.6 is 11.6 Å². The van der Waals surface area contributed by atoms with Crippen LogP contribution in [0.4, 0.5) is 5.69 Å². The zero-order valence-corrected chi connectivity index (χ0v) is 11.4. The molecule has 0 radical (unpaired) electrons. The van der Waals surface area contributed by atoms with Crippen LogP contribution in [0.25, 0.3) is 0 Å². The standard InChI is InChI=1S/C14H12ClN3O2/c1-8-6-9(15)2-4-11(8)14(20)18-10-3-5-12(13(16)19)17-7-10/h2-7H,1H3,(H2,16,19)(H,18,20). The van der Waals surface area contributed by atoms with Gasteiger partial charge in [0.15, 0.2) is 0 Å². The largest absolute Gasteiger partial charge is 0.364 e. The van der Waals surface area contributed by atoms with Crippen molar-refractivity contribution in [3.63, 3.8) is 0 Å². The lowest BCUT2D eigenvalue weighted by molar-refractivity contribution is 0.0994. The van der Waals surface area contributed by atoms with Crippen molar-refractivity contribution in [2.24, 2.45) is 5.73 Å². The highest BCUT2D eigenvalue weighted by Gasteiger charge is 2.10. The summed E-state index contributed by atoms with van der Waals surface area (Å²) in [4.78, 5) is 26.8. The van der Waals surface area contributed by atoms with Crippen LogP contribution < -0.4 is 11.1 Å². The van der Waals surface area contributed by atoms with Crippen molar-refractivity contribution >= 4 is 29.1 Å². The number of nitrogens with zero attached hydrogens (tertiary/aromatic N) is 1. The Morgan fingerprint density at radius 2 is 2.00 bits per heavy atom. The fourth-order valence-corrected chi connectivity index (χ4v) is 1.92. The summed E-state index contributed by atoms with van der Waals surface area (Å²) in [6.07, 6.45) is 1.38. The van der Waals surface area contributed by atoms with E-state index in [0.717, 1.165) is 5.56 Å². The molecule has 5 nitrogen and oxygen atoms in total. The van der Waals surface area contributed by atoms with Crippen molar-refractivity contribution in [2.45, 2.75) is 6.92 Å². The minimum absolute atomic E-state index is 0.144. The maximum absolute atomic E-state index is 12.1. The minimum atomic E-state index is -0.614. The van der Waals surface area contributed by atoms with Gasteiger partial charge in [0.05, 0.1) is 11.9 Å². The average molecular weight is 290 g/mol. The molecule has 0 aliphatic rings. The molecule has 1 aromatic carbocycles. The molecule has 0 bridgehead atoms. The van der Waals surface area contributed by atoms with E-state index in [1.54, 1.807) is 31.2 Å². The van der Waals surface area contributed by atoms with Crippen molar-refractivity contribution in [3.8, 4) is 0 Å². The Balaban J connectivity index is 2.17. The monoisotopic (exact) mass is 289 g/mol. The molecule has 0 atom stereocenters. The van der Waals surface area contributed by atoms with Gasteiger partial charge in [0.1, 0.15) is 5.69 Å². The molecule has 2 aromatic rings. The topological polar surface area (TPSA) is 85.1 Å². The number of carbonyl (C=O) groups is 2. The number of halogens is 1. The van der Waals surface area contributed by atoms with Gasteiger partial charge in [-0.15, -0.1) is 0 Å². The number of anilines is 1. The number of benzene rings is 1. The van der Waals surface area contributed by atoms with Crippen LogP contribution in [0.15, 0.2) is 36.5 Å². The Kier molecular flexibility index (Phi) is 4.00. The molecule has 1 aromatic heterocycles. The summed E-state index contributed by atoms with van der Waals surface area (Å²) in [5.74, 6) is -0.885. The smallest absolute Gasteiger partial charge is 0.267 e. The number of primary amides is 1. The lowest BCUT2D eigenvalue weighted by Crippen LogP contribution is -2.15. The summed E-state index contributed by atoms with van der Waals surface area (Å²) in [6.45, 7) is 1.80. The zero-order chi connectivity index (χ0) is 14.7. The van der Waals surface area contributed by atoms with Crippen LogP contribution in [0, 0.1) is 6.92 Å². The molecule has 6 heteroatoms. The number of aryl methyl sites for hydroxylation is 1. The van der Waals surface area contributed by atoms with E-state index >= 15 is 0 Å². The van der Waals surface area contributed by atoms with E-state index in [1.807, 2.05) is 0 Å². The molecule has 1 heterocycles. The fourth-order valence-electron chi connectivity index (χ4n) is 1.69. The first-order chi connectivity index (χ1) is 9.47. The van der Waals surface area contributed by atoms with Gasteiger partial charge in [-0.3, -0.25) is 9.59 Å². The average Bonchev–Trinajstić information content (AvgIpc) is 2.39. The second kappa shape index (κ2) is 5.71. The summed E-state index contributed by atoms with van der Waals surface area (Å²) >= 11 is 5.84. The normalized spacial score (nSPS) is 10.1. The molecular formula is C14H12ClN3O2. The lowest BCUT2D eigenvalue weighted by atomic mass is 10.1. The van der Waals surface area contributed by atoms with E-state index in [-0.39, 0.29) is 11.6 Å². The molecule has 3 N–H and O–H groups in total. The predicted molar refractivity (Wildman–Crippen MR) is 76.9 cm³/mol. The molecule has 0 saturated heterocycles. The molecule has 0 aliphatic heterocycles. The van der Waals surface area contributed by atoms with Gasteiger partial charge in [0.2, 0.25) is 0 Å². The second-order valence-corrected chi connectivity index (χ2v) is 4.65. The van der Waals surface area contributed by atoms with E-state index in [0.29, 0.717) is 16.3 Å². The molecule has 0 fully saturated rings. The van der Waals surface area contributed by atoms with Crippen LogP contribution in [-0.4, -0.2) is 16.8 Å². The Morgan fingerprint density at radius 1 is 1.25 bits per heavy atom. The van der Waals surface area contributed by atoms with Gasteiger partial charge in [-0.25, -0.2) is 4.98 Å². The molecule has 0 saturated carbocycles. The number of amides is 2. The van der Waals surface area contributed by atoms with Crippen molar-refractivity contribution in [3.05, 3.63) is 58.4 Å². The predicted octanol–water partition coefficient (Wildman–Crippen LogP) is 2.39. The SMILES string of the molecule is Cc1cc(Cl)ccc1C(=O)Nc1ccc(C(N)=O)nc1. The first-order valence-corrected chi connectivity index (χ1v) is 6.18. The van der Waals surface area contributed by atoms with E-state index in [1.165, 1.54) is 12.3 Å². The van der Waals surface area contributed by atoms with Gasteiger partial charge in [-0.05, 0) is 42.8 Å². The maximum Gasteiger partial charge on any atom is 0.267 e. The van der Waals surface area contributed by atoms with Gasteiger partial charge in [0, 0.05) is 10.6 Å². The van der Waals surface area contributed by atoms with Gasteiger partial charge < -0.3 is 11.1 Å². The molecular weight excluding hydrogens is 278 g/mol. The van der Waals surface area contributed by atoms with E-state index in [9.17, 15) is 9.59 Å². The van der Waals surface area contributed by atoms with Gasteiger partial charge >= 0.3 is 0 Å². The second-order valence-electron chi connectivity index (χ2n) is 4.21. The molecule has 0 aliphatic carbocycles. The number of rotatable bonds is 3. The summed E-state index contributed by atoms with van der Waals surface area (Å²) in [5.41, 5.74) is 7.01.